The normalized spacial score (nSPS) is 19.2. The van der Waals surface area contributed by atoms with Gasteiger partial charge in [0, 0.05) is 17.9 Å². The Hall–Kier alpha value is -3.03. The fraction of sp³-hybridized carbons (Fsp3) is 0.450. The Bertz CT molecular complexity index is 902. The van der Waals surface area contributed by atoms with Crippen molar-refractivity contribution in [2.75, 3.05) is 19.0 Å². The fourth-order valence-corrected chi connectivity index (χ4v) is 4.13. The van der Waals surface area contributed by atoms with Crippen molar-refractivity contribution in [1.29, 1.82) is 0 Å². The number of nitrogens with one attached hydrogen (secondary N) is 1. The first-order valence-corrected chi connectivity index (χ1v) is 9.53. The molecule has 2 aromatic rings. The molecule has 1 aromatic carbocycles. The molecule has 8 nitrogen and oxygen atoms in total. The number of fused-ring (bicyclic) bond motifs is 1. The Morgan fingerprint density at radius 3 is 2.82 bits per heavy atom. The van der Waals surface area contributed by atoms with Gasteiger partial charge in [-0.25, -0.2) is 4.68 Å². The van der Waals surface area contributed by atoms with Crippen LogP contribution in [0.15, 0.2) is 24.4 Å². The van der Waals surface area contributed by atoms with Crippen molar-refractivity contribution in [3.05, 3.63) is 35.5 Å². The summed E-state index contributed by atoms with van der Waals surface area (Å²) in [5.41, 5.74) is 7.09. The molecule has 1 fully saturated rings. The molecule has 0 radical (unpaired) electrons. The predicted octanol–water partition coefficient (Wildman–Crippen LogP) is 2.34. The van der Waals surface area contributed by atoms with Crippen molar-refractivity contribution in [2.24, 2.45) is 5.73 Å². The maximum atomic E-state index is 12.4. The molecule has 1 atom stereocenters. The van der Waals surface area contributed by atoms with E-state index in [1.807, 2.05) is 23.0 Å². The maximum Gasteiger partial charge on any atom is 0.255 e. The summed E-state index contributed by atoms with van der Waals surface area (Å²) in [7, 11) is 1.53. The van der Waals surface area contributed by atoms with E-state index in [1.165, 1.54) is 20.0 Å². The fourth-order valence-electron chi connectivity index (χ4n) is 4.13. The second kappa shape index (κ2) is 7.53. The summed E-state index contributed by atoms with van der Waals surface area (Å²) < 4.78 is 12.8. The lowest BCUT2D eigenvalue weighted by molar-refractivity contribution is -0.120. The van der Waals surface area contributed by atoms with Gasteiger partial charge in [-0.05, 0) is 30.5 Å². The first-order valence-electron chi connectivity index (χ1n) is 9.53. The summed E-state index contributed by atoms with van der Waals surface area (Å²) in [6.07, 6.45) is 6.73. The van der Waals surface area contributed by atoms with Gasteiger partial charge < -0.3 is 20.5 Å². The van der Waals surface area contributed by atoms with Crippen LogP contribution in [0.3, 0.4) is 0 Å². The van der Waals surface area contributed by atoms with Crippen LogP contribution in [0.4, 0.5) is 5.82 Å². The van der Waals surface area contributed by atoms with Gasteiger partial charge in [-0.3, -0.25) is 9.59 Å². The van der Waals surface area contributed by atoms with E-state index >= 15 is 0 Å². The first-order chi connectivity index (χ1) is 13.6. The molecule has 1 aromatic heterocycles. The number of benzene rings is 1. The van der Waals surface area contributed by atoms with Gasteiger partial charge in [-0.15, -0.1) is 0 Å². The van der Waals surface area contributed by atoms with Gasteiger partial charge in [0.2, 0.25) is 5.91 Å². The molecule has 0 saturated heterocycles. The van der Waals surface area contributed by atoms with Gasteiger partial charge in [0.1, 0.15) is 5.82 Å². The van der Waals surface area contributed by atoms with Crippen molar-refractivity contribution in [2.45, 2.75) is 44.1 Å². The van der Waals surface area contributed by atoms with Crippen molar-refractivity contribution in [3.63, 3.8) is 0 Å². The largest absolute Gasteiger partial charge is 0.493 e. The van der Waals surface area contributed by atoms with E-state index < -0.39 is 5.91 Å². The highest BCUT2D eigenvalue weighted by atomic mass is 16.5. The van der Waals surface area contributed by atoms with E-state index in [1.54, 1.807) is 6.07 Å². The van der Waals surface area contributed by atoms with Crippen LogP contribution in [0.5, 0.6) is 11.5 Å². The van der Waals surface area contributed by atoms with Gasteiger partial charge in [0.25, 0.3) is 5.91 Å². The number of hydrogen-bond donors (Lipinski definition) is 2. The second-order valence-corrected chi connectivity index (χ2v) is 7.30. The van der Waals surface area contributed by atoms with Crippen molar-refractivity contribution in [1.82, 2.24) is 9.78 Å². The Kier molecular flexibility index (Phi) is 4.93. The van der Waals surface area contributed by atoms with Crippen LogP contribution < -0.4 is 20.5 Å². The quantitative estimate of drug-likeness (QED) is 0.795. The first kappa shape index (κ1) is 18.3. The molecule has 148 valence electrons. The summed E-state index contributed by atoms with van der Waals surface area (Å²) in [5, 5.41) is 7.60. The molecule has 1 aliphatic carbocycles. The van der Waals surface area contributed by atoms with Crippen LogP contribution in [-0.2, 0) is 9.59 Å². The Morgan fingerprint density at radius 2 is 2.11 bits per heavy atom. The molecule has 2 amide bonds. The SMILES string of the molecule is COc1ccc([C@@H]2CC(=O)Nc3c2cnn3C2CCCC2)cc1OCC(N)=O. The minimum absolute atomic E-state index is 0.0346. The Labute approximate surface area is 163 Å². The molecule has 8 heteroatoms. The number of aromatic nitrogens is 2. The van der Waals surface area contributed by atoms with Gasteiger partial charge >= 0.3 is 0 Å². The summed E-state index contributed by atoms with van der Waals surface area (Å²) in [6, 6.07) is 5.84. The number of primary amides is 1. The highest BCUT2D eigenvalue weighted by molar-refractivity contribution is 5.94. The summed E-state index contributed by atoms with van der Waals surface area (Å²) in [5.74, 6) is 0.989. The molecule has 1 saturated carbocycles. The van der Waals surface area contributed by atoms with Crippen LogP contribution >= 0.6 is 0 Å². The number of nitrogens with zero attached hydrogens (tertiary/aromatic N) is 2. The van der Waals surface area contributed by atoms with E-state index in [0.29, 0.717) is 24.0 Å². The number of carbonyl (C=O) groups excluding carboxylic acids is 2. The van der Waals surface area contributed by atoms with Gasteiger partial charge in [0.15, 0.2) is 18.1 Å². The number of nitrogens with two attached hydrogens (primary N) is 1. The van der Waals surface area contributed by atoms with Crippen molar-refractivity contribution < 1.29 is 19.1 Å². The van der Waals surface area contributed by atoms with Crippen molar-refractivity contribution >= 4 is 17.6 Å². The zero-order valence-corrected chi connectivity index (χ0v) is 15.8. The highest BCUT2D eigenvalue weighted by Gasteiger charge is 2.32. The van der Waals surface area contributed by atoms with Gasteiger partial charge in [-0.1, -0.05) is 18.9 Å². The van der Waals surface area contributed by atoms with E-state index in [9.17, 15) is 9.59 Å². The molecule has 0 bridgehead atoms. The van der Waals surface area contributed by atoms with Gasteiger partial charge in [-0.2, -0.15) is 5.10 Å². The molecule has 28 heavy (non-hydrogen) atoms. The van der Waals surface area contributed by atoms with Crippen LogP contribution in [0.2, 0.25) is 0 Å². The minimum atomic E-state index is -0.565. The zero-order valence-electron chi connectivity index (χ0n) is 15.8. The summed E-state index contributed by atoms with van der Waals surface area (Å²) in [6.45, 7) is -0.240. The van der Waals surface area contributed by atoms with Crippen LogP contribution in [0, 0.1) is 0 Å². The van der Waals surface area contributed by atoms with Crippen LogP contribution in [-0.4, -0.2) is 35.3 Å². The third-order valence-corrected chi connectivity index (χ3v) is 5.48. The molecular weight excluding hydrogens is 360 g/mol. The number of amides is 2. The average molecular weight is 384 g/mol. The van der Waals surface area contributed by atoms with Crippen LogP contribution in [0.1, 0.15) is 55.2 Å². The lowest BCUT2D eigenvalue weighted by Gasteiger charge is -2.25. The third-order valence-electron chi connectivity index (χ3n) is 5.48. The van der Waals surface area contributed by atoms with E-state index in [0.717, 1.165) is 29.8 Å². The van der Waals surface area contributed by atoms with Gasteiger partial charge in [0.05, 0.1) is 19.3 Å². The number of anilines is 1. The molecule has 3 N–H and O–H groups in total. The highest BCUT2D eigenvalue weighted by Crippen LogP contribution is 2.42. The smallest absolute Gasteiger partial charge is 0.255 e. The van der Waals surface area contributed by atoms with Crippen LogP contribution in [0.25, 0.3) is 0 Å². The average Bonchev–Trinajstić information content (AvgIpc) is 3.34. The summed E-state index contributed by atoms with van der Waals surface area (Å²) >= 11 is 0. The monoisotopic (exact) mass is 384 g/mol. The summed E-state index contributed by atoms with van der Waals surface area (Å²) in [4.78, 5) is 23.5. The zero-order chi connectivity index (χ0) is 19.7. The van der Waals surface area contributed by atoms with Crippen molar-refractivity contribution in [3.8, 4) is 11.5 Å². The second-order valence-electron chi connectivity index (χ2n) is 7.30. The number of hydrogen-bond acceptors (Lipinski definition) is 5. The molecule has 2 heterocycles. The van der Waals surface area contributed by atoms with E-state index in [2.05, 4.69) is 10.4 Å². The number of ether oxygens (including phenoxy) is 2. The number of rotatable bonds is 6. The minimum Gasteiger partial charge on any atom is -0.493 e. The number of carbonyl (C=O) groups is 2. The predicted molar refractivity (Wildman–Crippen MR) is 103 cm³/mol. The molecular formula is C20H24N4O4. The van der Waals surface area contributed by atoms with E-state index in [-0.39, 0.29) is 18.4 Å². The lowest BCUT2D eigenvalue weighted by atomic mass is 9.87. The molecule has 0 spiro atoms. The maximum absolute atomic E-state index is 12.4. The topological polar surface area (TPSA) is 108 Å². The molecule has 4 rings (SSSR count). The molecule has 1 aliphatic heterocycles. The van der Waals surface area contributed by atoms with E-state index in [4.69, 9.17) is 15.2 Å². The lowest BCUT2D eigenvalue weighted by Crippen LogP contribution is -2.25. The number of methoxy groups -OCH3 is 1. The standard InChI is InChI=1S/C20H24N4O4/c1-27-16-7-6-12(8-17(16)28-11-18(21)25)14-9-19(26)23-20-15(14)10-22-24(20)13-4-2-3-5-13/h6-8,10,13-14H,2-5,9,11H2,1H3,(H2,21,25)(H,23,26)/t14-/m0/s1. The third kappa shape index (κ3) is 3.42. The Morgan fingerprint density at radius 1 is 1.32 bits per heavy atom. The molecule has 2 aliphatic rings. The Balaban J connectivity index is 1.69. The molecule has 0 unspecified atom stereocenters.